The lowest BCUT2D eigenvalue weighted by atomic mass is 9.49. The molecule has 0 atom stereocenters. The minimum Gasteiger partial charge on any atom is -0.355 e. The SMILES string of the molecule is O=C(CCNC(=O)C12CC3CC(CC(C3)C1)C2)Nc1ccccc1I. The van der Waals surface area contributed by atoms with Gasteiger partial charge in [0.05, 0.1) is 5.69 Å². The summed E-state index contributed by atoms with van der Waals surface area (Å²) in [6, 6.07) is 7.72. The number of carbonyl (C=O) groups excluding carboxylic acids is 2. The van der Waals surface area contributed by atoms with Crippen LogP contribution < -0.4 is 10.6 Å². The molecule has 0 radical (unpaired) electrons. The van der Waals surface area contributed by atoms with Crippen LogP contribution in [-0.2, 0) is 9.59 Å². The first-order valence-electron chi connectivity index (χ1n) is 9.37. The molecule has 134 valence electrons. The van der Waals surface area contributed by atoms with Crippen LogP contribution in [-0.4, -0.2) is 18.4 Å². The van der Waals surface area contributed by atoms with Gasteiger partial charge in [-0.1, -0.05) is 12.1 Å². The molecule has 0 unspecified atom stereocenters. The van der Waals surface area contributed by atoms with Crippen molar-refractivity contribution in [1.82, 2.24) is 5.32 Å². The first-order valence-corrected chi connectivity index (χ1v) is 10.4. The summed E-state index contributed by atoms with van der Waals surface area (Å²) in [6.07, 6.45) is 7.54. The van der Waals surface area contributed by atoms with Gasteiger partial charge < -0.3 is 10.6 Å². The molecule has 0 saturated heterocycles. The van der Waals surface area contributed by atoms with Gasteiger partial charge in [-0.05, 0) is 91.0 Å². The highest BCUT2D eigenvalue weighted by molar-refractivity contribution is 14.1. The Bertz CT molecular complexity index is 653. The topological polar surface area (TPSA) is 58.2 Å². The minimum absolute atomic E-state index is 0.0464. The molecule has 4 bridgehead atoms. The molecule has 2 N–H and O–H groups in total. The molecular weight excluding hydrogens is 427 g/mol. The molecule has 4 saturated carbocycles. The van der Waals surface area contributed by atoms with Crippen molar-refractivity contribution in [3.05, 3.63) is 27.8 Å². The van der Waals surface area contributed by atoms with Crippen molar-refractivity contribution < 1.29 is 9.59 Å². The number of hydrogen-bond acceptors (Lipinski definition) is 2. The number of carbonyl (C=O) groups is 2. The summed E-state index contributed by atoms with van der Waals surface area (Å²) in [7, 11) is 0. The largest absolute Gasteiger partial charge is 0.355 e. The van der Waals surface area contributed by atoms with Crippen molar-refractivity contribution in [2.45, 2.75) is 44.9 Å². The van der Waals surface area contributed by atoms with Crippen molar-refractivity contribution >= 4 is 40.1 Å². The summed E-state index contributed by atoms with van der Waals surface area (Å²) >= 11 is 2.21. The Kier molecular flexibility index (Phi) is 4.77. The Morgan fingerprint density at radius 2 is 1.64 bits per heavy atom. The Balaban J connectivity index is 1.28. The fraction of sp³-hybridized carbons (Fsp3) is 0.600. The minimum atomic E-state index is -0.125. The monoisotopic (exact) mass is 452 g/mol. The molecule has 1 aromatic carbocycles. The average Bonchev–Trinajstić information content (AvgIpc) is 2.55. The van der Waals surface area contributed by atoms with Crippen LogP contribution in [0.3, 0.4) is 0 Å². The summed E-state index contributed by atoms with van der Waals surface area (Å²) in [5, 5.41) is 5.99. The van der Waals surface area contributed by atoms with Crippen molar-refractivity contribution in [3.8, 4) is 0 Å². The zero-order valence-corrected chi connectivity index (χ0v) is 16.6. The molecule has 5 heteroatoms. The van der Waals surface area contributed by atoms with E-state index in [2.05, 4.69) is 33.2 Å². The van der Waals surface area contributed by atoms with Gasteiger partial charge in [0.1, 0.15) is 0 Å². The Labute approximate surface area is 162 Å². The third kappa shape index (κ3) is 3.57. The summed E-state index contributed by atoms with van der Waals surface area (Å²) < 4.78 is 1.02. The van der Waals surface area contributed by atoms with Crippen LogP contribution in [0.1, 0.15) is 44.9 Å². The number of anilines is 1. The van der Waals surface area contributed by atoms with Gasteiger partial charge >= 0.3 is 0 Å². The number of halogens is 1. The lowest BCUT2D eigenvalue weighted by Gasteiger charge is -2.55. The van der Waals surface area contributed by atoms with Gasteiger partial charge in [-0.3, -0.25) is 9.59 Å². The number of rotatable bonds is 5. The van der Waals surface area contributed by atoms with E-state index in [9.17, 15) is 9.59 Å². The molecule has 4 aliphatic rings. The maximum absolute atomic E-state index is 12.8. The highest BCUT2D eigenvalue weighted by atomic mass is 127. The van der Waals surface area contributed by atoms with Crippen molar-refractivity contribution in [1.29, 1.82) is 0 Å². The van der Waals surface area contributed by atoms with Gasteiger partial charge in [-0.2, -0.15) is 0 Å². The number of nitrogens with one attached hydrogen (secondary N) is 2. The molecule has 0 spiro atoms. The van der Waals surface area contributed by atoms with Gasteiger partial charge in [0.15, 0.2) is 0 Å². The lowest BCUT2D eigenvalue weighted by molar-refractivity contribution is -0.146. The van der Waals surface area contributed by atoms with E-state index in [1.165, 1.54) is 19.3 Å². The van der Waals surface area contributed by atoms with Crippen LogP contribution >= 0.6 is 22.6 Å². The highest BCUT2D eigenvalue weighted by Gasteiger charge is 2.54. The van der Waals surface area contributed by atoms with E-state index in [0.29, 0.717) is 13.0 Å². The van der Waals surface area contributed by atoms with E-state index in [1.807, 2.05) is 24.3 Å². The quantitative estimate of drug-likeness (QED) is 0.665. The normalized spacial score (nSPS) is 32.4. The van der Waals surface area contributed by atoms with Crippen LogP contribution in [0.5, 0.6) is 0 Å². The molecule has 4 fully saturated rings. The predicted octanol–water partition coefficient (Wildman–Crippen LogP) is 3.95. The second-order valence-electron chi connectivity index (χ2n) is 8.23. The number of benzene rings is 1. The van der Waals surface area contributed by atoms with Gasteiger partial charge in [-0.25, -0.2) is 0 Å². The summed E-state index contributed by atoms with van der Waals surface area (Å²) in [4.78, 5) is 25.0. The van der Waals surface area contributed by atoms with Crippen LogP contribution in [0.4, 0.5) is 5.69 Å². The smallest absolute Gasteiger partial charge is 0.226 e. The maximum Gasteiger partial charge on any atom is 0.226 e. The second kappa shape index (κ2) is 6.89. The lowest BCUT2D eigenvalue weighted by Crippen LogP contribution is -2.53. The van der Waals surface area contributed by atoms with Crippen molar-refractivity contribution in [2.75, 3.05) is 11.9 Å². The van der Waals surface area contributed by atoms with Crippen molar-refractivity contribution in [2.24, 2.45) is 23.2 Å². The summed E-state index contributed by atoms with van der Waals surface area (Å²) in [5.74, 6) is 2.45. The van der Waals surface area contributed by atoms with Crippen LogP contribution in [0, 0.1) is 26.7 Å². The standard InChI is InChI=1S/C20H25IN2O2/c21-16-3-1-2-4-17(16)23-18(24)5-6-22-19(25)20-10-13-7-14(11-20)9-15(8-13)12-20/h1-4,13-15H,5-12H2,(H,22,25)(H,23,24). The van der Waals surface area contributed by atoms with E-state index in [-0.39, 0.29) is 17.2 Å². The van der Waals surface area contributed by atoms with E-state index in [4.69, 9.17) is 0 Å². The van der Waals surface area contributed by atoms with E-state index < -0.39 is 0 Å². The fourth-order valence-corrected chi connectivity index (χ4v) is 6.16. The van der Waals surface area contributed by atoms with Gasteiger partial charge in [0.2, 0.25) is 11.8 Å². The first-order chi connectivity index (χ1) is 12.0. The summed E-state index contributed by atoms with van der Waals surface area (Å²) in [5.41, 5.74) is 0.709. The molecule has 5 rings (SSSR count). The predicted molar refractivity (Wildman–Crippen MR) is 106 cm³/mol. The molecule has 1 aromatic rings. The summed E-state index contributed by atoms with van der Waals surface area (Å²) in [6.45, 7) is 0.426. The van der Waals surface area contributed by atoms with Crippen LogP contribution in [0.2, 0.25) is 0 Å². The molecule has 4 aliphatic carbocycles. The molecule has 2 amide bonds. The zero-order valence-electron chi connectivity index (χ0n) is 14.4. The number of amides is 2. The second-order valence-corrected chi connectivity index (χ2v) is 9.39. The molecule has 0 aromatic heterocycles. The van der Waals surface area contributed by atoms with Crippen LogP contribution in [0.25, 0.3) is 0 Å². The Hall–Kier alpha value is -1.11. The number of para-hydroxylation sites is 1. The maximum atomic E-state index is 12.8. The molecule has 0 aliphatic heterocycles. The third-order valence-electron chi connectivity index (χ3n) is 6.31. The Morgan fingerprint density at radius 3 is 2.24 bits per heavy atom. The van der Waals surface area contributed by atoms with Crippen LogP contribution in [0.15, 0.2) is 24.3 Å². The molecular formula is C20H25IN2O2. The first kappa shape index (κ1) is 17.3. The molecule has 4 nitrogen and oxygen atoms in total. The zero-order chi connectivity index (χ0) is 17.4. The van der Waals surface area contributed by atoms with E-state index in [1.54, 1.807) is 0 Å². The number of hydrogen-bond donors (Lipinski definition) is 2. The van der Waals surface area contributed by atoms with Gasteiger partial charge in [0.25, 0.3) is 0 Å². The van der Waals surface area contributed by atoms with Gasteiger partial charge in [-0.15, -0.1) is 0 Å². The molecule has 0 heterocycles. The van der Waals surface area contributed by atoms with E-state index >= 15 is 0 Å². The van der Waals surface area contributed by atoms with E-state index in [0.717, 1.165) is 46.3 Å². The molecule has 25 heavy (non-hydrogen) atoms. The Morgan fingerprint density at radius 1 is 1.04 bits per heavy atom. The fourth-order valence-electron chi connectivity index (χ4n) is 5.64. The van der Waals surface area contributed by atoms with Crippen molar-refractivity contribution in [3.63, 3.8) is 0 Å². The average molecular weight is 452 g/mol. The third-order valence-corrected chi connectivity index (χ3v) is 7.25. The van der Waals surface area contributed by atoms with Gasteiger partial charge in [0, 0.05) is 22.0 Å². The highest BCUT2D eigenvalue weighted by Crippen LogP contribution is 2.60.